The summed E-state index contributed by atoms with van der Waals surface area (Å²) in [7, 11) is 0. The molecular weight excluding hydrogens is 452 g/mol. The normalized spacial score (nSPS) is 10.5. The summed E-state index contributed by atoms with van der Waals surface area (Å²) in [5, 5.41) is 19.3. The quantitative estimate of drug-likeness (QED) is 0.312. The van der Waals surface area contributed by atoms with Crippen molar-refractivity contribution in [1.82, 2.24) is 14.8 Å². The predicted octanol–water partition coefficient (Wildman–Crippen LogP) is 6.81. The number of nitrogens with zero attached hydrogens (tertiary/aromatic N) is 3. The van der Waals surface area contributed by atoms with Gasteiger partial charge in [-0.15, -0.1) is 10.2 Å². The van der Waals surface area contributed by atoms with Crippen LogP contribution in [0.4, 0.5) is 8.78 Å². The fraction of sp³-hybridized carbons (Fsp3) is 0.167. The summed E-state index contributed by atoms with van der Waals surface area (Å²) in [6, 6.07) is 17.2. The molecule has 1 aromatic heterocycles. The van der Waals surface area contributed by atoms with Crippen LogP contribution in [-0.2, 0) is 12.2 Å². The Bertz CT molecular complexity index is 1180. The highest BCUT2D eigenvalue weighted by molar-refractivity contribution is 7.98. The maximum Gasteiger partial charge on any atom is 0.196 e. The summed E-state index contributed by atoms with van der Waals surface area (Å²) in [6.07, 6.45) is 0.427. The molecule has 0 unspecified atom stereocenters. The molecule has 0 bridgehead atoms. The Kier molecular flexibility index (Phi) is 8.25. The molecule has 0 spiro atoms. The summed E-state index contributed by atoms with van der Waals surface area (Å²) < 4.78 is 28.6. The summed E-state index contributed by atoms with van der Waals surface area (Å²) >= 11 is 7.53. The fourth-order valence-corrected chi connectivity index (χ4v) is 4.28. The summed E-state index contributed by atoms with van der Waals surface area (Å²) in [6.45, 7) is 4.00. The van der Waals surface area contributed by atoms with Crippen LogP contribution < -0.4 is 0 Å². The number of thioether (sulfide) groups is 1. The average molecular weight is 474 g/mol. The standard InChI is InChI=1S/C22H16ClF2N3OS.C2H6/c23-20-12-17(25)5-4-15(20)13-30-22-27-26-21(11-14-2-1-3-19(29)10-14)28(22)18-8-6-16(24)7-9-18;1-2/h1-10,12,29H,11,13H2;1-2H3. The molecular formula is C24H22ClF2N3OS. The molecule has 4 nitrogen and oxygen atoms in total. The van der Waals surface area contributed by atoms with Crippen molar-refractivity contribution in [2.45, 2.75) is 31.2 Å². The van der Waals surface area contributed by atoms with E-state index in [-0.39, 0.29) is 11.6 Å². The molecule has 4 aromatic rings. The van der Waals surface area contributed by atoms with Crippen molar-refractivity contribution in [3.63, 3.8) is 0 Å². The van der Waals surface area contributed by atoms with Crippen LogP contribution in [0.1, 0.15) is 30.8 Å². The third-order valence-corrected chi connectivity index (χ3v) is 5.76. The second-order valence-electron chi connectivity index (χ2n) is 6.58. The third kappa shape index (κ3) is 5.87. The summed E-state index contributed by atoms with van der Waals surface area (Å²) in [4.78, 5) is 0. The first kappa shape index (κ1) is 23.8. The maximum atomic E-state index is 13.4. The van der Waals surface area contributed by atoms with Gasteiger partial charge < -0.3 is 5.11 Å². The van der Waals surface area contributed by atoms with Crippen molar-refractivity contribution in [2.75, 3.05) is 0 Å². The first-order valence-corrected chi connectivity index (χ1v) is 11.4. The van der Waals surface area contributed by atoms with E-state index in [4.69, 9.17) is 11.6 Å². The van der Waals surface area contributed by atoms with E-state index in [9.17, 15) is 13.9 Å². The zero-order valence-electron chi connectivity index (χ0n) is 17.6. The van der Waals surface area contributed by atoms with Gasteiger partial charge in [-0.05, 0) is 59.7 Å². The number of hydrogen-bond donors (Lipinski definition) is 1. The fourth-order valence-electron chi connectivity index (χ4n) is 2.99. The van der Waals surface area contributed by atoms with Gasteiger partial charge in [0.2, 0.25) is 0 Å². The zero-order valence-corrected chi connectivity index (χ0v) is 19.2. The Hall–Kier alpha value is -2.90. The van der Waals surface area contributed by atoms with Gasteiger partial charge >= 0.3 is 0 Å². The van der Waals surface area contributed by atoms with Crippen LogP contribution in [0.15, 0.2) is 71.9 Å². The van der Waals surface area contributed by atoms with Gasteiger partial charge in [0.05, 0.1) is 0 Å². The first-order valence-electron chi connectivity index (χ1n) is 10.0. The zero-order chi connectivity index (χ0) is 23.1. The highest BCUT2D eigenvalue weighted by Crippen LogP contribution is 2.29. The molecule has 166 valence electrons. The van der Waals surface area contributed by atoms with E-state index < -0.39 is 5.82 Å². The molecule has 3 aromatic carbocycles. The molecule has 1 N–H and O–H groups in total. The monoisotopic (exact) mass is 473 g/mol. The number of hydrogen-bond acceptors (Lipinski definition) is 4. The van der Waals surface area contributed by atoms with Gasteiger partial charge in [0.25, 0.3) is 0 Å². The van der Waals surface area contributed by atoms with E-state index in [1.165, 1.54) is 36.0 Å². The van der Waals surface area contributed by atoms with Gasteiger partial charge in [-0.2, -0.15) is 0 Å². The van der Waals surface area contributed by atoms with Crippen molar-refractivity contribution >= 4 is 23.4 Å². The average Bonchev–Trinajstić information content (AvgIpc) is 3.17. The third-order valence-electron chi connectivity index (χ3n) is 4.43. The van der Waals surface area contributed by atoms with Gasteiger partial charge in [-0.1, -0.05) is 55.4 Å². The number of phenolic OH excluding ortho intramolecular Hbond substituents is 1. The highest BCUT2D eigenvalue weighted by atomic mass is 35.5. The van der Waals surface area contributed by atoms with Gasteiger partial charge in [0, 0.05) is 22.9 Å². The Labute approximate surface area is 194 Å². The van der Waals surface area contributed by atoms with Crippen molar-refractivity contribution < 1.29 is 13.9 Å². The Morgan fingerprint density at radius 3 is 2.34 bits per heavy atom. The first-order chi connectivity index (χ1) is 15.5. The van der Waals surface area contributed by atoms with Gasteiger partial charge in [0.15, 0.2) is 5.16 Å². The van der Waals surface area contributed by atoms with E-state index >= 15 is 0 Å². The van der Waals surface area contributed by atoms with Gasteiger partial charge in [-0.25, -0.2) is 8.78 Å². The minimum atomic E-state index is -0.392. The smallest absolute Gasteiger partial charge is 0.196 e. The van der Waals surface area contributed by atoms with E-state index in [1.807, 2.05) is 24.5 Å². The molecule has 1 heterocycles. The second-order valence-corrected chi connectivity index (χ2v) is 7.93. The maximum absolute atomic E-state index is 13.4. The van der Waals surface area contributed by atoms with Crippen molar-refractivity contribution in [2.24, 2.45) is 0 Å². The topological polar surface area (TPSA) is 50.9 Å². The lowest BCUT2D eigenvalue weighted by atomic mass is 10.1. The Balaban J connectivity index is 0.00000141. The highest BCUT2D eigenvalue weighted by Gasteiger charge is 2.16. The minimum absolute atomic E-state index is 0.167. The molecule has 0 aliphatic heterocycles. The van der Waals surface area contributed by atoms with Crippen molar-refractivity contribution in [3.8, 4) is 11.4 Å². The van der Waals surface area contributed by atoms with Crippen molar-refractivity contribution in [3.05, 3.63) is 100 Å². The molecule has 0 saturated heterocycles. The Morgan fingerprint density at radius 2 is 1.66 bits per heavy atom. The lowest BCUT2D eigenvalue weighted by molar-refractivity contribution is 0.474. The molecule has 0 aliphatic rings. The largest absolute Gasteiger partial charge is 0.508 e. The lowest BCUT2D eigenvalue weighted by Crippen LogP contribution is -2.04. The van der Waals surface area contributed by atoms with Crippen LogP contribution in [0.5, 0.6) is 5.75 Å². The number of aromatic nitrogens is 3. The van der Waals surface area contributed by atoms with Gasteiger partial charge in [0.1, 0.15) is 23.2 Å². The minimum Gasteiger partial charge on any atom is -0.508 e. The summed E-state index contributed by atoms with van der Waals surface area (Å²) in [5.74, 6) is 0.538. The molecule has 0 aliphatic carbocycles. The molecule has 32 heavy (non-hydrogen) atoms. The van der Waals surface area contributed by atoms with E-state index in [0.29, 0.717) is 33.9 Å². The van der Waals surface area contributed by atoms with Gasteiger partial charge in [-0.3, -0.25) is 4.57 Å². The molecule has 0 atom stereocenters. The van der Waals surface area contributed by atoms with E-state index in [2.05, 4.69) is 10.2 Å². The van der Waals surface area contributed by atoms with Crippen LogP contribution in [0.2, 0.25) is 5.02 Å². The number of benzene rings is 3. The predicted molar refractivity (Wildman–Crippen MR) is 125 cm³/mol. The lowest BCUT2D eigenvalue weighted by Gasteiger charge is -2.11. The van der Waals surface area contributed by atoms with E-state index in [1.54, 1.807) is 36.4 Å². The van der Waals surface area contributed by atoms with Crippen LogP contribution in [0, 0.1) is 11.6 Å². The molecule has 8 heteroatoms. The summed E-state index contributed by atoms with van der Waals surface area (Å²) in [5.41, 5.74) is 2.35. The van der Waals surface area contributed by atoms with Crippen LogP contribution in [-0.4, -0.2) is 19.9 Å². The SMILES string of the molecule is CC.Oc1cccc(Cc2nnc(SCc3ccc(F)cc3Cl)n2-c2ccc(F)cc2)c1. The van der Waals surface area contributed by atoms with Crippen molar-refractivity contribution in [1.29, 1.82) is 0 Å². The van der Waals surface area contributed by atoms with Crippen LogP contribution in [0.3, 0.4) is 0 Å². The molecule has 0 amide bonds. The number of aromatic hydroxyl groups is 1. The van der Waals surface area contributed by atoms with Crippen LogP contribution >= 0.6 is 23.4 Å². The number of rotatable bonds is 6. The molecule has 0 fully saturated rings. The molecule has 0 radical (unpaired) electrons. The molecule has 0 saturated carbocycles. The second kappa shape index (κ2) is 11.1. The van der Waals surface area contributed by atoms with E-state index in [0.717, 1.165) is 11.1 Å². The number of phenols is 1. The molecule has 4 rings (SSSR count). The van der Waals surface area contributed by atoms with Crippen LogP contribution in [0.25, 0.3) is 5.69 Å². The number of halogens is 3. The Morgan fingerprint density at radius 1 is 0.938 bits per heavy atom.